The molecule has 0 N–H and O–H groups in total. The first-order chi connectivity index (χ1) is 14.7. The second kappa shape index (κ2) is 8.29. The Balaban J connectivity index is 1.64. The molecule has 2 fully saturated rings. The van der Waals surface area contributed by atoms with Gasteiger partial charge in [0.25, 0.3) is 5.56 Å². The van der Waals surface area contributed by atoms with Crippen LogP contribution in [0, 0.1) is 0 Å². The molecule has 0 bridgehead atoms. The summed E-state index contributed by atoms with van der Waals surface area (Å²) in [6, 6.07) is 7.11. The minimum absolute atomic E-state index is 0.00632. The maximum atomic E-state index is 13.5. The highest BCUT2D eigenvalue weighted by atomic mass is 35.5. The molecule has 2 aliphatic heterocycles. The Bertz CT molecular complexity index is 1110. The number of nitrogens with zero attached hydrogens (tertiary/aromatic N) is 5. The van der Waals surface area contributed by atoms with E-state index >= 15 is 0 Å². The van der Waals surface area contributed by atoms with Crippen molar-refractivity contribution < 1.29 is 9.47 Å². The molecule has 2 aliphatic rings. The lowest BCUT2D eigenvalue weighted by Gasteiger charge is -2.27. The minimum atomic E-state index is -0.188. The second-order valence-corrected chi connectivity index (χ2v) is 7.93. The zero-order valence-corrected chi connectivity index (χ0v) is 17.2. The molecule has 156 valence electrons. The van der Waals surface area contributed by atoms with Gasteiger partial charge in [0.1, 0.15) is 11.2 Å². The van der Waals surface area contributed by atoms with E-state index < -0.39 is 0 Å². The van der Waals surface area contributed by atoms with Gasteiger partial charge in [-0.05, 0) is 25.0 Å². The number of benzene rings is 1. The van der Waals surface area contributed by atoms with Crippen molar-refractivity contribution in [3.8, 4) is 11.3 Å². The van der Waals surface area contributed by atoms with Gasteiger partial charge in [-0.25, -0.2) is 9.97 Å². The summed E-state index contributed by atoms with van der Waals surface area (Å²) in [6.07, 6.45) is 3.61. The van der Waals surface area contributed by atoms with Crippen LogP contribution in [0.25, 0.3) is 22.4 Å². The molecule has 9 heteroatoms. The lowest BCUT2D eigenvalue weighted by Crippen LogP contribution is -2.37. The first-order valence-electron chi connectivity index (χ1n) is 10.2. The molecule has 8 nitrogen and oxygen atoms in total. The highest BCUT2D eigenvalue weighted by Crippen LogP contribution is 2.22. The highest BCUT2D eigenvalue weighted by molar-refractivity contribution is 6.30. The summed E-state index contributed by atoms with van der Waals surface area (Å²) in [4.78, 5) is 29.4. The Labute approximate surface area is 178 Å². The highest BCUT2D eigenvalue weighted by Gasteiger charge is 2.22. The lowest BCUT2D eigenvalue weighted by atomic mass is 10.1. The fourth-order valence-corrected chi connectivity index (χ4v) is 4.03. The predicted octanol–water partition coefficient (Wildman–Crippen LogP) is 2.52. The van der Waals surface area contributed by atoms with E-state index in [4.69, 9.17) is 26.1 Å². The van der Waals surface area contributed by atoms with Crippen molar-refractivity contribution in [2.24, 2.45) is 0 Å². The Morgan fingerprint density at radius 3 is 2.63 bits per heavy atom. The number of ether oxygens (including phenoxy) is 2. The Morgan fingerprint density at radius 1 is 1.10 bits per heavy atom. The van der Waals surface area contributed by atoms with E-state index in [1.54, 1.807) is 35.0 Å². The Kier molecular flexibility index (Phi) is 5.37. The standard InChI is InChI=1S/C21H22ClN5O3/c22-15-5-3-14(4-6-15)18-20(28)27(13-16-2-1-9-30-16)19-17(24-18)12-23-21(25-19)26-7-10-29-11-8-26/h3-6,12,16H,1-2,7-11,13H2/t16-/m1/s1. The van der Waals surface area contributed by atoms with Crippen molar-refractivity contribution in [1.82, 2.24) is 19.5 Å². The van der Waals surface area contributed by atoms with Crippen molar-refractivity contribution in [1.29, 1.82) is 0 Å². The molecular formula is C21H22ClN5O3. The zero-order valence-electron chi connectivity index (χ0n) is 16.5. The quantitative estimate of drug-likeness (QED) is 0.632. The average Bonchev–Trinajstić information content (AvgIpc) is 3.30. The second-order valence-electron chi connectivity index (χ2n) is 7.50. The maximum absolute atomic E-state index is 13.5. The van der Waals surface area contributed by atoms with Gasteiger partial charge in [0, 0.05) is 30.3 Å². The molecule has 4 heterocycles. The summed E-state index contributed by atoms with van der Waals surface area (Å²) >= 11 is 6.02. The minimum Gasteiger partial charge on any atom is -0.378 e. The summed E-state index contributed by atoms with van der Waals surface area (Å²) in [5.41, 5.74) is 2.00. The SMILES string of the molecule is O=c1c(-c2ccc(Cl)cc2)nc2cnc(N3CCOCC3)nc2n1C[C@H]1CCCO1. The summed E-state index contributed by atoms with van der Waals surface area (Å²) in [6.45, 7) is 3.88. The third-order valence-electron chi connectivity index (χ3n) is 5.49. The largest absolute Gasteiger partial charge is 0.378 e. The third kappa shape index (κ3) is 3.78. The average molecular weight is 428 g/mol. The number of hydrogen-bond acceptors (Lipinski definition) is 7. The molecule has 2 aromatic heterocycles. The van der Waals surface area contributed by atoms with E-state index in [1.807, 2.05) is 0 Å². The Hall–Kier alpha value is -2.55. The fraction of sp³-hybridized carbons (Fsp3) is 0.429. The van der Waals surface area contributed by atoms with E-state index in [2.05, 4.69) is 14.9 Å². The normalized spacial score (nSPS) is 19.5. The van der Waals surface area contributed by atoms with E-state index in [1.165, 1.54) is 0 Å². The predicted molar refractivity (Wildman–Crippen MR) is 114 cm³/mol. The van der Waals surface area contributed by atoms with Gasteiger partial charge in [0.15, 0.2) is 5.65 Å². The van der Waals surface area contributed by atoms with Gasteiger partial charge in [-0.15, -0.1) is 0 Å². The van der Waals surface area contributed by atoms with Gasteiger partial charge in [0.05, 0.1) is 32.1 Å². The molecule has 0 amide bonds. The molecule has 2 saturated heterocycles. The van der Waals surface area contributed by atoms with Crippen LogP contribution in [0.3, 0.4) is 0 Å². The molecule has 1 atom stereocenters. The molecule has 5 rings (SSSR count). The number of halogens is 1. The van der Waals surface area contributed by atoms with E-state index in [0.717, 1.165) is 32.5 Å². The Morgan fingerprint density at radius 2 is 1.90 bits per heavy atom. The summed E-state index contributed by atoms with van der Waals surface area (Å²) in [5.74, 6) is 0.590. The van der Waals surface area contributed by atoms with Crippen LogP contribution in [-0.2, 0) is 16.0 Å². The van der Waals surface area contributed by atoms with Gasteiger partial charge >= 0.3 is 0 Å². The van der Waals surface area contributed by atoms with Crippen molar-refractivity contribution in [2.45, 2.75) is 25.5 Å². The van der Waals surface area contributed by atoms with E-state index in [9.17, 15) is 4.79 Å². The molecular weight excluding hydrogens is 406 g/mol. The van der Waals surface area contributed by atoms with Gasteiger partial charge in [0.2, 0.25) is 5.95 Å². The van der Waals surface area contributed by atoms with Gasteiger partial charge in [-0.2, -0.15) is 4.98 Å². The number of aromatic nitrogens is 4. The molecule has 0 saturated carbocycles. The number of rotatable bonds is 4. The van der Waals surface area contributed by atoms with Gasteiger partial charge in [-0.3, -0.25) is 9.36 Å². The van der Waals surface area contributed by atoms with Crippen molar-refractivity contribution in [3.05, 3.63) is 45.8 Å². The van der Waals surface area contributed by atoms with Crippen molar-refractivity contribution in [2.75, 3.05) is 37.8 Å². The molecule has 0 radical (unpaired) electrons. The molecule has 3 aromatic rings. The van der Waals surface area contributed by atoms with Crippen LogP contribution in [-0.4, -0.2) is 58.5 Å². The van der Waals surface area contributed by atoms with Gasteiger partial charge in [-0.1, -0.05) is 23.7 Å². The number of anilines is 1. The first-order valence-corrected chi connectivity index (χ1v) is 10.5. The van der Waals surface area contributed by atoms with Crippen LogP contribution in [0.15, 0.2) is 35.3 Å². The number of fused-ring (bicyclic) bond motifs is 1. The summed E-state index contributed by atoms with van der Waals surface area (Å²) in [7, 11) is 0. The van der Waals surface area contributed by atoms with Crippen LogP contribution in [0.4, 0.5) is 5.95 Å². The number of morpholine rings is 1. The van der Waals surface area contributed by atoms with E-state index in [-0.39, 0.29) is 11.7 Å². The summed E-state index contributed by atoms with van der Waals surface area (Å²) < 4.78 is 12.9. The molecule has 0 aliphatic carbocycles. The number of hydrogen-bond donors (Lipinski definition) is 0. The van der Waals surface area contributed by atoms with Crippen LogP contribution in [0.1, 0.15) is 12.8 Å². The topological polar surface area (TPSA) is 82.4 Å². The molecule has 1 aromatic carbocycles. The van der Waals surface area contributed by atoms with Crippen LogP contribution in [0.5, 0.6) is 0 Å². The maximum Gasteiger partial charge on any atom is 0.278 e. The van der Waals surface area contributed by atoms with Crippen LogP contribution < -0.4 is 10.5 Å². The molecule has 30 heavy (non-hydrogen) atoms. The summed E-state index contributed by atoms with van der Waals surface area (Å²) in [5, 5.41) is 0.609. The first kappa shape index (κ1) is 19.4. The molecule has 0 spiro atoms. The van der Waals surface area contributed by atoms with E-state index in [0.29, 0.717) is 53.2 Å². The monoisotopic (exact) mass is 427 g/mol. The lowest BCUT2D eigenvalue weighted by molar-refractivity contribution is 0.0971. The zero-order chi connectivity index (χ0) is 20.5. The van der Waals surface area contributed by atoms with Crippen LogP contribution in [0.2, 0.25) is 5.02 Å². The van der Waals surface area contributed by atoms with Crippen LogP contribution >= 0.6 is 11.6 Å². The van der Waals surface area contributed by atoms with Crippen molar-refractivity contribution >= 4 is 28.7 Å². The third-order valence-corrected chi connectivity index (χ3v) is 5.75. The fourth-order valence-electron chi connectivity index (χ4n) is 3.90. The molecule has 0 unspecified atom stereocenters. The van der Waals surface area contributed by atoms with Crippen molar-refractivity contribution in [3.63, 3.8) is 0 Å². The smallest absolute Gasteiger partial charge is 0.278 e. The van der Waals surface area contributed by atoms with Gasteiger partial charge < -0.3 is 14.4 Å².